The highest BCUT2D eigenvalue weighted by atomic mass is 35.5. The number of benzene rings is 1. The molecule has 1 saturated carbocycles. The highest BCUT2D eigenvalue weighted by Crippen LogP contribution is 2.45. The highest BCUT2D eigenvalue weighted by Gasteiger charge is 2.51. The van der Waals surface area contributed by atoms with Gasteiger partial charge >= 0.3 is 5.92 Å². The molecule has 7 rings (SSSR count). The zero-order valence-electron chi connectivity index (χ0n) is 21.8. The van der Waals surface area contributed by atoms with Crippen LogP contribution in [0.15, 0.2) is 29.2 Å². The van der Waals surface area contributed by atoms with Crippen LogP contribution in [0.25, 0.3) is 10.9 Å². The number of pyridine rings is 1. The molecule has 1 aliphatic carbocycles. The maximum absolute atomic E-state index is 14.9. The van der Waals surface area contributed by atoms with E-state index in [4.69, 9.17) is 16.3 Å². The van der Waals surface area contributed by atoms with E-state index in [9.17, 15) is 18.4 Å². The summed E-state index contributed by atoms with van der Waals surface area (Å²) in [6.07, 6.45) is 4.34. The Morgan fingerprint density at radius 1 is 1.20 bits per heavy atom. The van der Waals surface area contributed by atoms with Crippen LogP contribution in [-0.2, 0) is 11.8 Å². The number of piperazine rings is 1. The maximum atomic E-state index is 14.9. The number of aromatic nitrogens is 3. The first-order valence-electron chi connectivity index (χ1n) is 13.5. The fourth-order valence-electron chi connectivity index (χ4n) is 6.07. The number of hydrogen-bond acceptors (Lipinski definition) is 8. The van der Waals surface area contributed by atoms with Crippen LogP contribution in [0, 0.1) is 5.92 Å². The third-order valence-electron chi connectivity index (χ3n) is 8.38. The van der Waals surface area contributed by atoms with Crippen molar-refractivity contribution in [2.24, 2.45) is 13.0 Å². The van der Waals surface area contributed by atoms with Crippen molar-refractivity contribution in [1.82, 2.24) is 19.4 Å². The number of nitrogens with zero attached hydrogens (tertiary/aromatic N) is 5. The lowest BCUT2D eigenvalue weighted by Gasteiger charge is -2.37. The zero-order valence-corrected chi connectivity index (χ0v) is 22.5. The van der Waals surface area contributed by atoms with Crippen LogP contribution >= 0.6 is 11.6 Å². The number of aryl methyl sites for hydroxylation is 1. The maximum Gasteiger partial charge on any atom is 0.301 e. The Kier molecular flexibility index (Phi) is 5.81. The van der Waals surface area contributed by atoms with E-state index in [0.29, 0.717) is 72.3 Å². The Morgan fingerprint density at radius 3 is 2.83 bits per heavy atom. The second kappa shape index (κ2) is 9.18. The molecule has 4 aliphatic rings. The second-order valence-corrected chi connectivity index (χ2v) is 11.4. The van der Waals surface area contributed by atoms with E-state index in [1.807, 2.05) is 4.90 Å². The van der Waals surface area contributed by atoms with Gasteiger partial charge in [-0.3, -0.25) is 9.59 Å². The first-order valence-corrected chi connectivity index (χ1v) is 13.9. The molecule has 5 heterocycles. The molecule has 10 nitrogen and oxygen atoms in total. The minimum Gasteiger partial charge on any atom is -0.480 e. The summed E-state index contributed by atoms with van der Waals surface area (Å²) in [6.45, 7) is 1.05. The first kappa shape index (κ1) is 25.3. The number of hydrogen-bond donors (Lipinski definition) is 2. The van der Waals surface area contributed by atoms with Gasteiger partial charge in [0, 0.05) is 50.2 Å². The van der Waals surface area contributed by atoms with Crippen molar-refractivity contribution in [3.63, 3.8) is 0 Å². The van der Waals surface area contributed by atoms with Crippen LogP contribution in [0.4, 0.5) is 31.9 Å². The number of carbonyl (C=O) groups is 1. The lowest BCUT2D eigenvalue weighted by molar-refractivity contribution is -0.129. The molecule has 3 fully saturated rings. The summed E-state index contributed by atoms with van der Waals surface area (Å²) >= 11 is 6.47. The Morgan fingerprint density at radius 2 is 2.02 bits per heavy atom. The highest BCUT2D eigenvalue weighted by molar-refractivity contribution is 6.33. The average molecular weight is 572 g/mol. The van der Waals surface area contributed by atoms with Crippen LogP contribution < -0.4 is 25.8 Å². The van der Waals surface area contributed by atoms with Gasteiger partial charge in [-0.25, -0.2) is 13.8 Å². The molecule has 3 aromatic rings. The Balaban J connectivity index is 1.22. The van der Waals surface area contributed by atoms with E-state index in [1.54, 1.807) is 25.2 Å². The second-order valence-electron chi connectivity index (χ2n) is 11.0. The number of carbonyl (C=O) groups excluding carboxylic acids is 1. The van der Waals surface area contributed by atoms with Gasteiger partial charge in [0.2, 0.25) is 17.6 Å². The van der Waals surface area contributed by atoms with Gasteiger partial charge < -0.3 is 29.7 Å². The summed E-state index contributed by atoms with van der Waals surface area (Å²) in [4.78, 5) is 38.2. The quantitative estimate of drug-likeness (QED) is 0.488. The Labute approximate surface area is 233 Å². The summed E-state index contributed by atoms with van der Waals surface area (Å²) < 4.78 is 36.8. The Bertz CT molecular complexity index is 1590. The number of fused-ring (bicyclic) bond motifs is 4. The molecule has 2 aromatic heterocycles. The van der Waals surface area contributed by atoms with Crippen molar-refractivity contribution in [1.29, 1.82) is 0 Å². The van der Waals surface area contributed by atoms with Crippen LogP contribution in [-0.4, -0.2) is 69.6 Å². The molecule has 2 unspecified atom stereocenters. The number of amides is 1. The number of nitrogens with one attached hydrogen (secondary N) is 2. The minimum absolute atomic E-state index is 0.109. The van der Waals surface area contributed by atoms with Gasteiger partial charge in [-0.15, -0.1) is 0 Å². The van der Waals surface area contributed by atoms with Gasteiger partial charge in [-0.2, -0.15) is 4.98 Å². The van der Waals surface area contributed by atoms with E-state index < -0.39 is 24.1 Å². The van der Waals surface area contributed by atoms with Crippen LogP contribution in [0.2, 0.25) is 5.02 Å². The number of halogens is 3. The lowest BCUT2D eigenvalue weighted by Crippen LogP contribution is -2.52. The third-order valence-corrected chi connectivity index (χ3v) is 8.66. The average Bonchev–Trinajstić information content (AvgIpc) is 3.73. The van der Waals surface area contributed by atoms with Crippen LogP contribution in [0.3, 0.4) is 0 Å². The first-order chi connectivity index (χ1) is 19.2. The molecule has 3 aliphatic heterocycles. The number of anilines is 4. The van der Waals surface area contributed by atoms with Gasteiger partial charge in [-0.1, -0.05) is 11.6 Å². The summed E-state index contributed by atoms with van der Waals surface area (Å²) in [5.41, 5.74) is 0.972. The van der Waals surface area contributed by atoms with Gasteiger partial charge in [0.15, 0.2) is 12.4 Å². The number of alkyl halides is 2. The van der Waals surface area contributed by atoms with Crippen LogP contribution in [0.1, 0.15) is 25.7 Å². The van der Waals surface area contributed by atoms with E-state index in [1.165, 1.54) is 10.8 Å². The predicted molar refractivity (Wildman–Crippen MR) is 147 cm³/mol. The fraction of sp³-hybridized carbons (Fsp3) is 0.481. The molecule has 210 valence electrons. The van der Waals surface area contributed by atoms with Gasteiger partial charge in [0.25, 0.3) is 5.56 Å². The minimum atomic E-state index is -3.12. The van der Waals surface area contributed by atoms with Crippen molar-refractivity contribution in [2.75, 3.05) is 41.8 Å². The van der Waals surface area contributed by atoms with Gasteiger partial charge in [0.05, 0.1) is 23.4 Å². The molecule has 2 N–H and O–H groups in total. The molecule has 0 bridgehead atoms. The summed E-state index contributed by atoms with van der Waals surface area (Å²) in [5.74, 6) is -2.31. The van der Waals surface area contributed by atoms with E-state index >= 15 is 0 Å². The van der Waals surface area contributed by atoms with E-state index in [0.717, 1.165) is 6.42 Å². The summed E-state index contributed by atoms with van der Waals surface area (Å²) in [6, 6.07) is 4.34. The predicted octanol–water partition coefficient (Wildman–Crippen LogP) is 3.75. The normalized spacial score (nSPS) is 23.8. The monoisotopic (exact) mass is 571 g/mol. The number of rotatable bonds is 4. The van der Waals surface area contributed by atoms with Crippen molar-refractivity contribution in [3.05, 3.63) is 39.8 Å². The molecular formula is C27H28ClF2N7O3. The van der Waals surface area contributed by atoms with E-state index in [-0.39, 0.29) is 29.3 Å². The van der Waals surface area contributed by atoms with Crippen molar-refractivity contribution >= 4 is 51.6 Å². The van der Waals surface area contributed by atoms with Crippen molar-refractivity contribution < 1.29 is 18.3 Å². The molecule has 2 atom stereocenters. The zero-order chi connectivity index (χ0) is 27.8. The molecule has 13 heteroatoms. The summed E-state index contributed by atoms with van der Waals surface area (Å²) in [5, 5.41) is 7.11. The molecule has 0 spiro atoms. The summed E-state index contributed by atoms with van der Waals surface area (Å²) in [7, 11) is 1.59. The molecule has 1 amide bonds. The molecular weight excluding hydrogens is 544 g/mol. The largest absolute Gasteiger partial charge is 0.480 e. The standard InChI is InChI=1S/C27H28ClF2N7O3/c1-35-19-6-4-15(10-17(19)21-22(25(35)39)40-13-27(29,30)23(33-21)14-2-3-14)32-24-18(28)11-31-26(34-24)36-8-9-37-16(12-36)5-7-20(37)38/h4,6,10-11,14,16,23,33H,2-3,5,7-9,12-13H2,1H3,(H,31,32,34). The third kappa shape index (κ3) is 4.20. The number of ether oxygens (including phenoxy) is 1. The SMILES string of the molecule is Cn1c(=O)c2c(c3cc(Nc4nc(N5CCN6C(=O)CCC6C5)ncc4Cl)ccc31)NC(C1CC1)C(F)(F)CO2. The molecule has 0 radical (unpaired) electrons. The Hall–Kier alpha value is -3.67. The van der Waals surface area contributed by atoms with Gasteiger partial charge in [0.1, 0.15) is 5.02 Å². The molecule has 2 saturated heterocycles. The molecule has 40 heavy (non-hydrogen) atoms. The fourth-order valence-corrected chi connectivity index (χ4v) is 6.21. The van der Waals surface area contributed by atoms with Gasteiger partial charge in [-0.05, 0) is 43.4 Å². The van der Waals surface area contributed by atoms with Crippen molar-refractivity contribution in [2.45, 2.75) is 43.7 Å². The topological polar surface area (TPSA) is 105 Å². The molecule has 1 aromatic carbocycles. The van der Waals surface area contributed by atoms with Crippen molar-refractivity contribution in [3.8, 4) is 5.75 Å². The smallest absolute Gasteiger partial charge is 0.301 e. The lowest BCUT2D eigenvalue weighted by atomic mass is 10.0. The van der Waals surface area contributed by atoms with E-state index in [2.05, 4.69) is 25.5 Å². The van der Waals surface area contributed by atoms with Crippen LogP contribution in [0.5, 0.6) is 5.75 Å².